The molecule has 0 unspecified atom stereocenters. The summed E-state index contributed by atoms with van der Waals surface area (Å²) in [5.74, 6) is 0. The van der Waals surface area contributed by atoms with Gasteiger partial charge in [0.25, 0.3) is 0 Å². The molecule has 1 aromatic rings. The van der Waals surface area contributed by atoms with Crippen LogP contribution in [0.4, 0.5) is 5.69 Å². The fraction of sp³-hybridized carbons (Fsp3) is 0.538. The van der Waals surface area contributed by atoms with E-state index in [-0.39, 0.29) is 0 Å². The molecule has 0 aliphatic heterocycles. The highest BCUT2D eigenvalue weighted by Gasteiger charge is 2.03. The van der Waals surface area contributed by atoms with Gasteiger partial charge >= 0.3 is 0 Å². The van der Waals surface area contributed by atoms with E-state index in [9.17, 15) is 0 Å². The van der Waals surface area contributed by atoms with Crippen LogP contribution in [0.15, 0.2) is 18.2 Å². The quantitative estimate of drug-likeness (QED) is 0.705. The summed E-state index contributed by atoms with van der Waals surface area (Å²) in [6.07, 6.45) is 3.75. The Morgan fingerprint density at radius 2 is 1.93 bits per heavy atom. The van der Waals surface area contributed by atoms with Crippen LogP contribution in [0.2, 0.25) is 0 Å². The molecular weight excluding hydrogens is 170 g/mol. The van der Waals surface area contributed by atoms with Gasteiger partial charge in [-0.25, -0.2) is 0 Å². The number of anilines is 1. The third kappa shape index (κ3) is 2.76. The fourth-order valence-corrected chi connectivity index (χ4v) is 1.72. The van der Waals surface area contributed by atoms with Crippen LogP contribution in [0.3, 0.4) is 0 Å². The van der Waals surface area contributed by atoms with Crippen LogP contribution < -0.4 is 4.90 Å². The van der Waals surface area contributed by atoms with Gasteiger partial charge in [0.1, 0.15) is 0 Å². The van der Waals surface area contributed by atoms with Crippen LogP contribution >= 0.6 is 0 Å². The van der Waals surface area contributed by atoms with Gasteiger partial charge in [-0.15, -0.1) is 0 Å². The highest BCUT2D eigenvalue weighted by molar-refractivity contribution is 5.53. The largest absolute Gasteiger partial charge is 0.377 e. The van der Waals surface area contributed by atoms with Gasteiger partial charge in [-0.05, 0) is 31.4 Å². The molecule has 1 aromatic carbocycles. The summed E-state index contributed by atoms with van der Waals surface area (Å²) >= 11 is 0. The van der Waals surface area contributed by atoms with Crippen LogP contribution in [0.1, 0.15) is 30.9 Å². The maximum absolute atomic E-state index is 2.31. The summed E-state index contributed by atoms with van der Waals surface area (Å²) in [5, 5.41) is 0. The maximum atomic E-state index is 2.31. The van der Waals surface area contributed by atoms with Gasteiger partial charge in [-0.1, -0.05) is 31.0 Å². The Hall–Kier alpha value is -0.980. The van der Waals surface area contributed by atoms with Crippen molar-refractivity contribution in [2.24, 2.45) is 0 Å². The molecule has 1 rings (SSSR count). The number of hydrogen-bond donors (Lipinski definition) is 0. The molecule has 0 aliphatic carbocycles. The van der Waals surface area contributed by atoms with Crippen molar-refractivity contribution in [1.82, 2.24) is 0 Å². The number of rotatable bonds is 4. The van der Waals surface area contributed by atoms with E-state index in [2.05, 4.69) is 51.0 Å². The average Bonchev–Trinajstić information content (AvgIpc) is 2.14. The number of aryl methyl sites for hydroxylation is 2. The molecule has 0 saturated carbocycles. The van der Waals surface area contributed by atoms with Crippen LogP contribution in [0.25, 0.3) is 0 Å². The lowest BCUT2D eigenvalue weighted by Crippen LogP contribution is -2.11. The van der Waals surface area contributed by atoms with Gasteiger partial charge in [0.15, 0.2) is 0 Å². The van der Waals surface area contributed by atoms with E-state index in [1.54, 1.807) is 0 Å². The smallest absolute Gasteiger partial charge is 0.0393 e. The summed E-state index contributed by atoms with van der Waals surface area (Å²) in [4.78, 5) is 2.20. The highest BCUT2D eigenvalue weighted by Crippen LogP contribution is 2.21. The standard InChI is InChI=1S/C13H21N/c1-5-6-7-12-10-11(2)8-9-13(12)14(3)4/h8-10H,5-7H2,1-4H3. The average molecular weight is 191 g/mol. The lowest BCUT2D eigenvalue weighted by molar-refractivity contribution is 0.792. The van der Waals surface area contributed by atoms with Crippen molar-refractivity contribution < 1.29 is 0 Å². The second-order valence-electron chi connectivity index (χ2n) is 4.13. The molecule has 0 fully saturated rings. The molecule has 0 atom stereocenters. The van der Waals surface area contributed by atoms with Crippen molar-refractivity contribution in [3.63, 3.8) is 0 Å². The second kappa shape index (κ2) is 5.04. The van der Waals surface area contributed by atoms with E-state index in [1.807, 2.05) is 0 Å². The SMILES string of the molecule is CCCCc1cc(C)ccc1N(C)C. The predicted molar refractivity (Wildman–Crippen MR) is 64.1 cm³/mol. The first-order valence-corrected chi connectivity index (χ1v) is 5.42. The van der Waals surface area contributed by atoms with E-state index in [0.29, 0.717) is 0 Å². The van der Waals surface area contributed by atoms with E-state index < -0.39 is 0 Å². The molecule has 1 nitrogen and oxygen atoms in total. The lowest BCUT2D eigenvalue weighted by atomic mass is 10.0. The monoisotopic (exact) mass is 191 g/mol. The van der Waals surface area contributed by atoms with Gasteiger partial charge in [-0.3, -0.25) is 0 Å². The fourth-order valence-electron chi connectivity index (χ4n) is 1.72. The van der Waals surface area contributed by atoms with Gasteiger partial charge in [-0.2, -0.15) is 0 Å². The minimum absolute atomic E-state index is 1.20. The van der Waals surface area contributed by atoms with Crippen LogP contribution in [0, 0.1) is 6.92 Å². The number of benzene rings is 1. The Morgan fingerprint density at radius 1 is 1.21 bits per heavy atom. The molecule has 0 N–H and O–H groups in total. The molecule has 0 amide bonds. The van der Waals surface area contributed by atoms with Crippen LogP contribution in [0.5, 0.6) is 0 Å². The molecule has 0 saturated heterocycles. The Bertz CT molecular complexity index is 289. The topological polar surface area (TPSA) is 3.24 Å². The second-order valence-corrected chi connectivity index (χ2v) is 4.13. The van der Waals surface area contributed by atoms with Gasteiger partial charge in [0.05, 0.1) is 0 Å². The molecule has 0 aromatic heterocycles. The summed E-state index contributed by atoms with van der Waals surface area (Å²) in [6.45, 7) is 4.40. The van der Waals surface area contributed by atoms with E-state index >= 15 is 0 Å². The van der Waals surface area contributed by atoms with Crippen LogP contribution in [-0.2, 0) is 6.42 Å². The summed E-state index contributed by atoms with van der Waals surface area (Å²) < 4.78 is 0. The lowest BCUT2D eigenvalue weighted by Gasteiger charge is -2.18. The van der Waals surface area contributed by atoms with Crippen LogP contribution in [-0.4, -0.2) is 14.1 Å². The molecule has 0 radical (unpaired) electrons. The zero-order valence-electron chi connectivity index (χ0n) is 9.80. The van der Waals surface area contributed by atoms with Crippen molar-refractivity contribution in [1.29, 1.82) is 0 Å². The normalized spacial score (nSPS) is 10.3. The number of hydrogen-bond acceptors (Lipinski definition) is 1. The Balaban J connectivity index is 2.91. The van der Waals surface area contributed by atoms with Crippen molar-refractivity contribution >= 4 is 5.69 Å². The molecule has 0 spiro atoms. The Morgan fingerprint density at radius 3 is 2.50 bits per heavy atom. The van der Waals surface area contributed by atoms with E-state index in [0.717, 1.165) is 0 Å². The first-order valence-electron chi connectivity index (χ1n) is 5.42. The minimum atomic E-state index is 1.20. The molecule has 1 heteroatoms. The van der Waals surface area contributed by atoms with Gasteiger partial charge in [0.2, 0.25) is 0 Å². The van der Waals surface area contributed by atoms with Crippen molar-refractivity contribution in [2.75, 3.05) is 19.0 Å². The third-order valence-corrected chi connectivity index (χ3v) is 2.52. The highest BCUT2D eigenvalue weighted by atomic mass is 15.1. The minimum Gasteiger partial charge on any atom is -0.377 e. The summed E-state index contributed by atoms with van der Waals surface area (Å²) in [7, 11) is 4.22. The Kier molecular flexibility index (Phi) is 3.99. The molecule has 0 heterocycles. The maximum Gasteiger partial charge on any atom is 0.0393 e. The first kappa shape index (κ1) is 11.1. The molecule has 78 valence electrons. The predicted octanol–water partition coefficient (Wildman–Crippen LogP) is 3.40. The molecular formula is C13H21N. The third-order valence-electron chi connectivity index (χ3n) is 2.52. The van der Waals surface area contributed by atoms with Crippen molar-refractivity contribution in [3.05, 3.63) is 29.3 Å². The van der Waals surface area contributed by atoms with Crippen molar-refractivity contribution in [3.8, 4) is 0 Å². The summed E-state index contributed by atoms with van der Waals surface area (Å²) in [5.41, 5.74) is 4.21. The zero-order chi connectivity index (χ0) is 10.6. The van der Waals surface area contributed by atoms with Crippen molar-refractivity contribution in [2.45, 2.75) is 33.1 Å². The van der Waals surface area contributed by atoms with E-state index in [4.69, 9.17) is 0 Å². The molecule has 14 heavy (non-hydrogen) atoms. The Labute approximate surface area is 87.7 Å². The van der Waals surface area contributed by atoms with E-state index in [1.165, 1.54) is 36.1 Å². The number of nitrogens with zero attached hydrogens (tertiary/aromatic N) is 1. The number of unbranched alkanes of at least 4 members (excludes halogenated alkanes) is 1. The zero-order valence-corrected chi connectivity index (χ0v) is 9.80. The summed E-state index contributed by atoms with van der Waals surface area (Å²) in [6, 6.07) is 6.72. The first-order chi connectivity index (χ1) is 6.65. The van der Waals surface area contributed by atoms with Gasteiger partial charge < -0.3 is 4.90 Å². The molecule has 0 aliphatic rings. The molecule has 0 bridgehead atoms. The van der Waals surface area contributed by atoms with Gasteiger partial charge in [0, 0.05) is 19.8 Å².